The second kappa shape index (κ2) is 3.26. The summed E-state index contributed by atoms with van der Waals surface area (Å²) in [6.45, 7) is 4.61. The molecule has 0 amide bonds. The molecule has 0 aliphatic heterocycles. The van der Waals surface area contributed by atoms with Gasteiger partial charge in [0.1, 0.15) is 0 Å². The number of H-pyrrole nitrogens is 1. The zero-order valence-corrected chi connectivity index (χ0v) is 9.51. The summed E-state index contributed by atoms with van der Waals surface area (Å²) in [5, 5.41) is 11.2. The molecule has 82 valence electrons. The van der Waals surface area contributed by atoms with Gasteiger partial charge in [-0.25, -0.2) is 0 Å². The van der Waals surface area contributed by atoms with Crippen LogP contribution in [0.2, 0.25) is 0 Å². The molecule has 2 unspecified atom stereocenters. The third kappa shape index (κ3) is 1.54. The largest absolute Gasteiger partial charge is 0.366 e. The number of nitrogens with one attached hydrogen (secondary N) is 2. The molecule has 3 heteroatoms. The van der Waals surface area contributed by atoms with Gasteiger partial charge in [-0.3, -0.25) is 5.10 Å². The maximum Gasteiger partial charge on any atom is 0.151 e. The van der Waals surface area contributed by atoms with Gasteiger partial charge in [0.05, 0.1) is 0 Å². The van der Waals surface area contributed by atoms with Crippen molar-refractivity contribution in [3.8, 4) is 0 Å². The Labute approximate surface area is 90.7 Å². The zero-order valence-electron chi connectivity index (χ0n) is 9.51. The van der Waals surface area contributed by atoms with Crippen molar-refractivity contribution >= 4 is 5.82 Å². The molecule has 3 rings (SSSR count). The number of aromatic amines is 1. The van der Waals surface area contributed by atoms with Gasteiger partial charge in [0, 0.05) is 17.3 Å². The van der Waals surface area contributed by atoms with E-state index in [9.17, 15) is 0 Å². The van der Waals surface area contributed by atoms with Crippen LogP contribution < -0.4 is 5.32 Å². The molecular weight excluding hydrogens is 186 g/mol. The lowest BCUT2D eigenvalue weighted by molar-refractivity contribution is 0.520. The van der Waals surface area contributed by atoms with E-state index < -0.39 is 0 Å². The Morgan fingerprint density at radius 1 is 1.13 bits per heavy atom. The molecular formula is C12H19N3. The number of aromatic nitrogens is 2. The van der Waals surface area contributed by atoms with Crippen molar-refractivity contribution in [2.24, 2.45) is 0 Å². The Morgan fingerprint density at radius 2 is 1.87 bits per heavy atom. The fraction of sp³-hybridized carbons (Fsp3) is 0.750. The van der Waals surface area contributed by atoms with Gasteiger partial charge in [-0.05, 0) is 37.5 Å². The standard InChI is InChI=1S/C12H19N3/c1-7-3-4-8(2)11-10(7)12(15-14-11)13-9-5-6-9/h7-9H,3-6H2,1-2H3,(H2,13,14,15). The fourth-order valence-electron chi connectivity index (χ4n) is 2.56. The minimum absolute atomic E-state index is 0.651. The summed E-state index contributed by atoms with van der Waals surface area (Å²) in [6, 6.07) is 0.696. The van der Waals surface area contributed by atoms with Crippen molar-refractivity contribution in [1.29, 1.82) is 0 Å². The Hall–Kier alpha value is -0.990. The van der Waals surface area contributed by atoms with Crippen molar-refractivity contribution in [3.05, 3.63) is 11.3 Å². The van der Waals surface area contributed by atoms with Gasteiger partial charge in [-0.1, -0.05) is 13.8 Å². The van der Waals surface area contributed by atoms with E-state index >= 15 is 0 Å². The quantitative estimate of drug-likeness (QED) is 0.779. The lowest BCUT2D eigenvalue weighted by Crippen LogP contribution is -2.12. The van der Waals surface area contributed by atoms with Crippen molar-refractivity contribution < 1.29 is 0 Å². The van der Waals surface area contributed by atoms with Gasteiger partial charge in [0.2, 0.25) is 0 Å². The summed E-state index contributed by atoms with van der Waals surface area (Å²) < 4.78 is 0. The first-order chi connectivity index (χ1) is 7.25. The van der Waals surface area contributed by atoms with Crippen LogP contribution in [0, 0.1) is 0 Å². The van der Waals surface area contributed by atoms with E-state index in [1.165, 1.54) is 36.9 Å². The highest BCUT2D eigenvalue weighted by molar-refractivity contribution is 5.51. The number of fused-ring (bicyclic) bond motifs is 1. The van der Waals surface area contributed by atoms with Crippen molar-refractivity contribution in [3.63, 3.8) is 0 Å². The molecule has 1 fully saturated rings. The number of hydrogen-bond acceptors (Lipinski definition) is 2. The molecule has 3 nitrogen and oxygen atoms in total. The third-order valence-electron chi connectivity index (χ3n) is 3.77. The summed E-state index contributed by atoms with van der Waals surface area (Å²) in [6.07, 6.45) is 5.21. The SMILES string of the molecule is CC1CCC(C)c2c(NC3CC3)n[nH]c21. The zero-order chi connectivity index (χ0) is 10.4. The van der Waals surface area contributed by atoms with E-state index in [2.05, 4.69) is 29.4 Å². The third-order valence-corrected chi connectivity index (χ3v) is 3.77. The Balaban J connectivity index is 1.94. The normalized spacial score (nSPS) is 30.0. The van der Waals surface area contributed by atoms with Crippen LogP contribution in [0.3, 0.4) is 0 Å². The highest BCUT2D eigenvalue weighted by Gasteiger charge is 2.30. The van der Waals surface area contributed by atoms with Gasteiger partial charge >= 0.3 is 0 Å². The van der Waals surface area contributed by atoms with Gasteiger partial charge < -0.3 is 5.32 Å². The van der Waals surface area contributed by atoms with Gasteiger partial charge in [-0.15, -0.1) is 0 Å². The first-order valence-electron chi connectivity index (χ1n) is 6.10. The Bertz CT molecular complexity index is 365. The summed E-state index contributed by atoms with van der Waals surface area (Å²) >= 11 is 0. The Morgan fingerprint density at radius 3 is 2.60 bits per heavy atom. The molecule has 1 saturated carbocycles. The molecule has 1 aromatic heterocycles. The molecule has 2 aliphatic rings. The lowest BCUT2D eigenvalue weighted by Gasteiger charge is -2.24. The molecule has 0 aromatic carbocycles. The van der Waals surface area contributed by atoms with E-state index in [0.29, 0.717) is 17.9 Å². The van der Waals surface area contributed by atoms with Gasteiger partial charge in [0.15, 0.2) is 5.82 Å². The van der Waals surface area contributed by atoms with E-state index in [4.69, 9.17) is 0 Å². The van der Waals surface area contributed by atoms with Crippen LogP contribution in [0.15, 0.2) is 0 Å². The minimum atomic E-state index is 0.651. The molecule has 15 heavy (non-hydrogen) atoms. The molecule has 0 saturated heterocycles. The molecule has 1 heterocycles. The number of rotatable bonds is 2. The predicted molar refractivity (Wildman–Crippen MR) is 61.3 cm³/mol. The maximum absolute atomic E-state index is 4.44. The van der Waals surface area contributed by atoms with Crippen LogP contribution in [0.4, 0.5) is 5.82 Å². The van der Waals surface area contributed by atoms with Gasteiger partial charge in [-0.2, -0.15) is 5.10 Å². The maximum atomic E-state index is 4.44. The lowest BCUT2D eigenvalue weighted by atomic mass is 9.82. The van der Waals surface area contributed by atoms with Crippen LogP contribution in [0.25, 0.3) is 0 Å². The number of nitrogens with zero attached hydrogens (tertiary/aromatic N) is 1. The molecule has 2 atom stereocenters. The van der Waals surface area contributed by atoms with Crippen molar-refractivity contribution in [2.75, 3.05) is 5.32 Å². The summed E-state index contributed by atoms with van der Waals surface area (Å²) in [5.74, 6) is 2.45. The predicted octanol–water partition coefficient (Wildman–Crippen LogP) is 2.98. The van der Waals surface area contributed by atoms with Crippen LogP contribution >= 0.6 is 0 Å². The van der Waals surface area contributed by atoms with Crippen molar-refractivity contribution in [1.82, 2.24) is 10.2 Å². The van der Waals surface area contributed by atoms with E-state index in [1.807, 2.05) is 0 Å². The molecule has 2 aliphatic carbocycles. The average molecular weight is 205 g/mol. The highest BCUT2D eigenvalue weighted by Crippen LogP contribution is 2.41. The first-order valence-corrected chi connectivity index (χ1v) is 6.10. The number of hydrogen-bond donors (Lipinski definition) is 2. The Kier molecular flexibility index (Phi) is 2.01. The molecule has 0 bridgehead atoms. The molecule has 1 aromatic rings. The fourth-order valence-corrected chi connectivity index (χ4v) is 2.56. The second-order valence-electron chi connectivity index (χ2n) is 5.20. The molecule has 0 spiro atoms. The summed E-state index contributed by atoms with van der Waals surface area (Å²) in [5.41, 5.74) is 2.83. The van der Waals surface area contributed by atoms with Crippen LogP contribution in [-0.4, -0.2) is 16.2 Å². The minimum Gasteiger partial charge on any atom is -0.366 e. The highest BCUT2D eigenvalue weighted by atomic mass is 15.2. The van der Waals surface area contributed by atoms with Crippen molar-refractivity contribution in [2.45, 2.75) is 57.4 Å². The molecule has 0 radical (unpaired) electrons. The van der Waals surface area contributed by atoms with Crippen LogP contribution in [0.5, 0.6) is 0 Å². The van der Waals surface area contributed by atoms with E-state index in [0.717, 1.165) is 5.82 Å². The summed E-state index contributed by atoms with van der Waals surface area (Å²) in [4.78, 5) is 0. The van der Waals surface area contributed by atoms with E-state index in [1.54, 1.807) is 0 Å². The smallest absolute Gasteiger partial charge is 0.151 e. The first kappa shape index (κ1) is 9.25. The van der Waals surface area contributed by atoms with Crippen LogP contribution in [-0.2, 0) is 0 Å². The molecule has 2 N–H and O–H groups in total. The van der Waals surface area contributed by atoms with E-state index in [-0.39, 0.29) is 0 Å². The monoisotopic (exact) mass is 205 g/mol. The topological polar surface area (TPSA) is 40.7 Å². The second-order valence-corrected chi connectivity index (χ2v) is 5.20. The van der Waals surface area contributed by atoms with Crippen LogP contribution in [0.1, 0.15) is 62.6 Å². The van der Waals surface area contributed by atoms with Gasteiger partial charge in [0.25, 0.3) is 0 Å². The summed E-state index contributed by atoms with van der Waals surface area (Å²) in [7, 11) is 0. The average Bonchev–Trinajstić information content (AvgIpc) is 2.91. The number of anilines is 1.